The number of ether oxygens (including phenoxy) is 1. The van der Waals surface area contributed by atoms with E-state index in [-0.39, 0.29) is 12.5 Å². The van der Waals surface area contributed by atoms with E-state index in [2.05, 4.69) is 15.0 Å². The zero-order valence-electron chi connectivity index (χ0n) is 7.96. The van der Waals surface area contributed by atoms with Crippen molar-refractivity contribution in [3.8, 4) is 5.88 Å². The summed E-state index contributed by atoms with van der Waals surface area (Å²) in [5.74, 6) is 0.244. The smallest absolute Gasteiger partial charge is 0.218 e. The molecule has 0 amide bonds. The molecular formula is C8H9ClN4O2. The third-order valence-electron chi connectivity index (χ3n) is 1.79. The molecule has 7 heteroatoms. The highest BCUT2D eigenvalue weighted by atomic mass is 35.5. The van der Waals surface area contributed by atoms with Crippen LogP contribution in [0.25, 0.3) is 10.4 Å². The molecule has 0 saturated heterocycles. The van der Waals surface area contributed by atoms with Gasteiger partial charge in [0.15, 0.2) is 0 Å². The first-order valence-corrected chi connectivity index (χ1v) is 4.45. The van der Waals surface area contributed by atoms with Crippen LogP contribution in [0.15, 0.2) is 17.4 Å². The Kier molecular flexibility index (Phi) is 4.17. The Morgan fingerprint density at radius 1 is 1.80 bits per heavy atom. The minimum Gasteiger partial charge on any atom is -0.481 e. The highest BCUT2D eigenvalue weighted by Gasteiger charge is 2.18. The molecule has 0 aliphatic heterocycles. The summed E-state index contributed by atoms with van der Waals surface area (Å²) in [6.45, 7) is -0.355. The molecule has 0 bridgehead atoms. The van der Waals surface area contributed by atoms with Crippen LogP contribution >= 0.6 is 11.6 Å². The minimum absolute atomic E-state index is 0.244. The summed E-state index contributed by atoms with van der Waals surface area (Å²) >= 11 is 5.90. The van der Waals surface area contributed by atoms with E-state index in [0.29, 0.717) is 10.6 Å². The SMILES string of the molecule is COc1nccc(Cl)c1C(CO)N=[N+]=[N-]. The van der Waals surface area contributed by atoms with Crippen molar-refractivity contribution in [3.63, 3.8) is 0 Å². The van der Waals surface area contributed by atoms with Crippen LogP contribution in [0, 0.1) is 0 Å². The van der Waals surface area contributed by atoms with E-state index in [4.69, 9.17) is 27.0 Å². The number of aliphatic hydroxyl groups is 1. The van der Waals surface area contributed by atoms with Crippen molar-refractivity contribution in [2.24, 2.45) is 5.11 Å². The summed E-state index contributed by atoms with van der Waals surface area (Å²) in [7, 11) is 1.42. The number of nitrogens with zero attached hydrogens (tertiary/aromatic N) is 4. The van der Waals surface area contributed by atoms with Gasteiger partial charge in [0, 0.05) is 16.7 Å². The maximum absolute atomic E-state index is 9.05. The van der Waals surface area contributed by atoms with Crippen molar-refractivity contribution in [3.05, 3.63) is 33.3 Å². The molecule has 0 radical (unpaired) electrons. The van der Waals surface area contributed by atoms with Gasteiger partial charge in [0.1, 0.15) is 0 Å². The highest BCUT2D eigenvalue weighted by molar-refractivity contribution is 6.31. The Labute approximate surface area is 91.1 Å². The molecule has 80 valence electrons. The largest absolute Gasteiger partial charge is 0.481 e. The van der Waals surface area contributed by atoms with Crippen LogP contribution in [0.4, 0.5) is 0 Å². The lowest BCUT2D eigenvalue weighted by molar-refractivity contribution is 0.263. The number of azide groups is 1. The Bertz CT molecular complexity index is 392. The monoisotopic (exact) mass is 228 g/mol. The fourth-order valence-electron chi connectivity index (χ4n) is 1.14. The van der Waals surface area contributed by atoms with Crippen molar-refractivity contribution in [1.29, 1.82) is 0 Å². The molecule has 1 rings (SSSR count). The summed E-state index contributed by atoms with van der Waals surface area (Å²) < 4.78 is 4.97. The van der Waals surface area contributed by atoms with E-state index in [1.807, 2.05) is 0 Å². The molecule has 1 N–H and O–H groups in total. The lowest BCUT2D eigenvalue weighted by Gasteiger charge is -2.13. The van der Waals surface area contributed by atoms with Gasteiger partial charge in [-0.15, -0.1) is 0 Å². The van der Waals surface area contributed by atoms with Gasteiger partial charge in [-0.3, -0.25) is 0 Å². The van der Waals surface area contributed by atoms with Gasteiger partial charge in [0.25, 0.3) is 0 Å². The molecule has 0 aliphatic rings. The Balaban J connectivity index is 3.25. The number of hydrogen-bond donors (Lipinski definition) is 1. The van der Waals surface area contributed by atoms with Crippen LogP contribution in [0.3, 0.4) is 0 Å². The van der Waals surface area contributed by atoms with Gasteiger partial charge in [-0.1, -0.05) is 16.7 Å². The number of rotatable bonds is 4. The highest BCUT2D eigenvalue weighted by Crippen LogP contribution is 2.32. The minimum atomic E-state index is -0.786. The van der Waals surface area contributed by atoms with E-state index in [1.165, 1.54) is 19.4 Å². The van der Waals surface area contributed by atoms with Crippen LogP contribution in [0.1, 0.15) is 11.6 Å². The fraction of sp³-hybridized carbons (Fsp3) is 0.375. The van der Waals surface area contributed by atoms with Crippen molar-refractivity contribution in [1.82, 2.24) is 4.98 Å². The number of pyridine rings is 1. The molecule has 0 aliphatic carbocycles. The van der Waals surface area contributed by atoms with Crippen LogP contribution in [0.5, 0.6) is 5.88 Å². The van der Waals surface area contributed by atoms with E-state index in [1.54, 1.807) is 0 Å². The topological polar surface area (TPSA) is 91.1 Å². The van der Waals surface area contributed by atoms with Gasteiger partial charge in [-0.05, 0) is 11.6 Å². The number of aliphatic hydroxyl groups excluding tert-OH is 1. The summed E-state index contributed by atoms with van der Waals surface area (Å²) in [6, 6.07) is 0.751. The fourth-order valence-corrected chi connectivity index (χ4v) is 1.41. The van der Waals surface area contributed by atoms with Gasteiger partial charge in [-0.25, -0.2) is 4.98 Å². The summed E-state index contributed by atoms with van der Waals surface area (Å²) in [4.78, 5) is 6.53. The lowest BCUT2D eigenvalue weighted by Crippen LogP contribution is -2.05. The second kappa shape index (κ2) is 5.41. The molecule has 0 saturated carbocycles. The third-order valence-corrected chi connectivity index (χ3v) is 2.12. The van der Waals surface area contributed by atoms with Gasteiger partial charge in [0.2, 0.25) is 5.88 Å². The predicted molar refractivity (Wildman–Crippen MR) is 54.8 cm³/mol. The quantitative estimate of drug-likeness (QED) is 0.486. The third kappa shape index (κ3) is 2.50. The Hall–Kier alpha value is -1.49. The maximum Gasteiger partial charge on any atom is 0.218 e. The molecule has 1 heterocycles. The molecule has 1 unspecified atom stereocenters. The normalized spacial score (nSPS) is 11.7. The first-order chi connectivity index (χ1) is 7.24. The van der Waals surface area contributed by atoms with Crippen LogP contribution in [0.2, 0.25) is 5.02 Å². The summed E-state index contributed by atoms with van der Waals surface area (Å²) in [6.07, 6.45) is 1.47. The maximum atomic E-state index is 9.05. The Morgan fingerprint density at radius 2 is 2.53 bits per heavy atom. The molecule has 1 atom stereocenters. The predicted octanol–water partition coefficient (Wildman–Crippen LogP) is 2.09. The summed E-state index contributed by atoms with van der Waals surface area (Å²) in [5.41, 5.74) is 8.72. The molecule has 0 spiro atoms. The van der Waals surface area contributed by atoms with Gasteiger partial charge < -0.3 is 9.84 Å². The van der Waals surface area contributed by atoms with Gasteiger partial charge in [-0.2, -0.15) is 0 Å². The van der Waals surface area contributed by atoms with Crippen molar-refractivity contribution in [2.75, 3.05) is 13.7 Å². The van der Waals surface area contributed by atoms with E-state index >= 15 is 0 Å². The van der Waals surface area contributed by atoms with E-state index in [0.717, 1.165) is 0 Å². The van der Waals surface area contributed by atoms with Crippen LogP contribution in [-0.2, 0) is 0 Å². The zero-order valence-corrected chi connectivity index (χ0v) is 8.72. The summed E-state index contributed by atoms with van der Waals surface area (Å²) in [5, 5.41) is 12.8. The molecule has 0 fully saturated rings. The number of methoxy groups -OCH3 is 1. The van der Waals surface area contributed by atoms with Crippen molar-refractivity contribution >= 4 is 11.6 Å². The lowest BCUT2D eigenvalue weighted by atomic mass is 10.1. The zero-order chi connectivity index (χ0) is 11.3. The molecule has 0 aromatic carbocycles. The molecule has 1 aromatic rings. The average Bonchev–Trinajstić information content (AvgIpc) is 2.26. The van der Waals surface area contributed by atoms with E-state index in [9.17, 15) is 0 Å². The number of halogens is 1. The van der Waals surface area contributed by atoms with Crippen molar-refractivity contribution in [2.45, 2.75) is 6.04 Å². The molecule has 1 aromatic heterocycles. The Morgan fingerprint density at radius 3 is 3.07 bits per heavy atom. The standard InChI is InChI=1S/C8H9ClN4O2/c1-15-8-7(5(9)2-3-11-8)6(4-14)12-13-10/h2-3,6,14H,4H2,1H3. The van der Waals surface area contributed by atoms with Crippen molar-refractivity contribution < 1.29 is 9.84 Å². The van der Waals surface area contributed by atoms with Crippen LogP contribution < -0.4 is 4.74 Å². The number of aromatic nitrogens is 1. The molecule has 15 heavy (non-hydrogen) atoms. The first kappa shape index (κ1) is 11.6. The van der Waals surface area contributed by atoms with Crippen LogP contribution in [-0.4, -0.2) is 23.8 Å². The second-order valence-corrected chi connectivity index (χ2v) is 3.03. The first-order valence-electron chi connectivity index (χ1n) is 4.08. The molecule has 6 nitrogen and oxygen atoms in total. The molecular weight excluding hydrogens is 220 g/mol. The second-order valence-electron chi connectivity index (χ2n) is 2.62. The van der Waals surface area contributed by atoms with E-state index < -0.39 is 6.04 Å². The number of hydrogen-bond acceptors (Lipinski definition) is 4. The average molecular weight is 229 g/mol. The van der Waals surface area contributed by atoms with Gasteiger partial charge >= 0.3 is 0 Å². The van der Waals surface area contributed by atoms with Gasteiger partial charge in [0.05, 0.1) is 24.8 Å².